The van der Waals surface area contributed by atoms with Crippen LogP contribution in [0.2, 0.25) is 0 Å². The highest BCUT2D eigenvalue weighted by atomic mass is 16.3. The molecule has 2 aromatic heterocycles. The Morgan fingerprint density at radius 1 is 1.07 bits per heavy atom. The number of fused-ring (bicyclic) bond motifs is 1. The third kappa shape index (κ3) is 4.40. The minimum absolute atomic E-state index is 0.0447. The maximum absolute atomic E-state index is 9.37. The number of aromatic nitrogens is 4. The monoisotopic (exact) mass is 384 g/mol. The van der Waals surface area contributed by atoms with Crippen molar-refractivity contribution in [2.75, 3.05) is 36.5 Å². The van der Waals surface area contributed by atoms with E-state index in [1.165, 1.54) is 5.56 Å². The molecule has 3 N–H and O–H groups in total. The van der Waals surface area contributed by atoms with Gasteiger partial charge < -0.3 is 25.0 Å². The van der Waals surface area contributed by atoms with Crippen LogP contribution in [0.1, 0.15) is 31.0 Å². The Hall–Kier alpha value is -2.71. The van der Waals surface area contributed by atoms with E-state index in [0.29, 0.717) is 36.9 Å². The zero-order valence-electron chi connectivity index (χ0n) is 16.6. The van der Waals surface area contributed by atoms with Gasteiger partial charge in [0.2, 0.25) is 5.95 Å². The first-order valence-electron chi connectivity index (χ1n) is 9.54. The molecule has 150 valence electrons. The normalized spacial score (nSPS) is 11.4. The second kappa shape index (κ2) is 8.99. The smallest absolute Gasteiger partial charge is 0.229 e. The lowest BCUT2D eigenvalue weighted by Gasteiger charge is -2.21. The number of nitrogens with zero attached hydrogens (tertiary/aromatic N) is 5. The van der Waals surface area contributed by atoms with Gasteiger partial charge in [-0.05, 0) is 26.3 Å². The fraction of sp³-hybridized carbons (Fsp3) is 0.450. The van der Waals surface area contributed by atoms with Gasteiger partial charge in [0.25, 0.3) is 0 Å². The van der Waals surface area contributed by atoms with Crippen LogP contribution < -0.4 is 10.2 Å². The lowest BCUT2D eigenvalue weighted by molar-refractivity contribution is 0.280. The van der Waals surface area contributed by atoms with Crippen LogP contribution in [0.3, 0.4) is 0 Å². The number of hydrogen-bond acceptors (Lipinski definition) is 7. The van der Waals surface area contributed by atoms with Crippen LogP contribution in [0.5, 0.6) is 0 Å². The largest absolute Gasteiger partial charge is 0.395 e. The second-order valence-electron chi connectivity index (χ2n) is 7.06. The second-order valence-corrected chi connectivity index (χ2v) is 7.06. The van der Waals surface area contributed by atoms with Crippen LogP contribution in [0.15, 0.2) is 30.6 Å². The van der Waals surface area contributed by atoms with Crippen molar-refractivity contribution >= 4 is 22.9 Å². The fourth-order valence-electron chi connectivity index (χ4n) is 2.99. The molecule has 0 saturated carbocycles. The molecule has 0 aliphatic rings. The highest BCUT2D eigenvalue weighted by Gasteiger charge is 2.18. The van der Waals surface area contributed by atoms with E-state index in [0.717, 1.165) is 11.2 Å². The molecular weight excluding hydrogens is 356 g/mol. The number of rotatable bonds is 9. The number of imidazole rings is 1. The minimum atomic E-state index is -0.0447. The van der Waals surface area contributed by atoms with Gasteiger partial charge in [0, 0.05) is 25.7 Å². The van der Waals surface area contributed by atoms with Crippen molar-refractivity contribution in [3.8, 4) is 0 Å². The standard InChI is InChI=1S/C20H28N6O2/c1-14(2)26-13-22-17-18(21-12-16-6-4-15(3)5-7-16)23-20(24-19(17)26)25(8-10-27)9-11-28/h4-7,13-14,27-28H,8-12H2,1-3H3,(H,21,23,24). The molecule has 0 aliphatic carbocycles. The van der Waals surface area contributed by atoms with Gasteiger partial charge in [-0.3, -0.25) is 0 Å². The molecule has 0 aliphatic heterocycles. The van der Waals surface area contributed by atoms with Crippen LogP contribution in [-0.2, 0) is 6.54 Å². The Morgan fingerprint density at radius 2 is 1.75 bits per heavy atom. The van der Waals surface area contributed by atoms with E-state index < -0.39 is 0 Å². The Bertz CT molecular complexity index is 901. The summed E-state index contributed by atoms with van der Waals surface area (Å²) >= 11 is 0. The molecule has 0 spiro atoms. The molecule has 0 radical (unpaired) electrons. The first kappa shape index (κ1) is 20.0. The van der Waals surface area contributed by atoms with Gasteiger partial charge in [-0.2, -0.15) is 9.97 Å². The fourth-order valence-corrected chi connectivity index (χ4v) is 2.99. The van der Waals surface area contributed by atoms with Crippen molar-refractivity contribution in [3.63, 3.8) is 0 Å². The summed E-state index contributed by atoms with van der Waals surface area (Å²) in [5, 5.41) is 22.1. The van der Waals surface area contributed by atoms with Crippen LogP contribution in [0.4, 0.5) is 11.8 Å². The van der Waals surface area contributed by atoms with Crippen LogP contribution in [0, 0.1) is 6.92 Å². The molecule has 0 amide bonds. The number of nitrogens with one attached hydrogen (secondary N) is 1. The van der Waals surface area contributed by atoms with Gasteiger partial charge in [0.1, 0.15) is 0 Å². The predicted octanol–water partition coefficient (Wildman–Crippen LogP) is 2.12. The van der Waals surface area contributed by atoms with Crippen molar-refractivity contribution in [1.82, 2.24) is 19.5 Å². The summed E-state index contributed by atoms with van der Waals surface area (Å²) < 4.78 is 1.99. The molecule has 8 nitrogen and oxygen atoms in total. The topological polar surface area (TPSA) is 99.3 Å². The molecule has 0 atom stereocenters. The summed E-state index contributed by atoms with van der Waals surface area (Å²) in [4.78, 5) is 15.6. The van der Waals surface area contributed by atoms with Gasteiger partial charge in [0.05, 0.1) is 19.5 Å². The predicted molar refractivity (Wildman–Crippen MR) is 111 cm³/mol. The molecule has 0 saturated heterocycles. The van der Waals surface area contributed by atoms with Crippen molar-refractivity contribution in [2.24, 2.45) is 0 Å². The average molecular weight is 384 g/mol. The molecule has 1 aromatic carbocycles. The summed E-state index contributed by atoms with van der Waals surface area (Å²) in [5.41, 5.74) is 3.80. The Labute approximate surface area is 164 Å². The molecule has 3 rings (SSSR count). The van der Waals surface area contributed by atoms with Crippen molar-refractivity contribution < 1.29 is 10.2 Å². The van der Waals surface area contributed by atoms with Gasteiger partial charge >= 0.3 is 0 Å². The maximum Gasteiger partial charge on any atom is 0.229 e. The summed E-state index contributed by atoms with van der Waals surface area (Å²) in [6.45, 7) is 7.42. The minimum Gasteiger partial charge on any atom is -0.395 e. The van der Waals surface area contributed by atoms with Crippen LogP contribution in [-0.4, -0.2) is 56.0 Å². The number of aliphatic hydroxyl groups is 2. The average Bonchev–Trinajstić information content (AvgIpc) is 3.11. The Kier molecular flexibility index (Phi) is 6.43. The first-order chi connectivity index (χ1) is 13.5. The van der Waals surface area contributed by atoms with Gasteiger partial charge in [-0.25, -0.2) is 4.98 Å². The number of hydrogen-bond donors (Lipinski definition) is 3. The van der Waals surface area contributed by atoms with Crippen LogP contribution in [0.25, 0.3) is 11.2 Å². The van der Waals surface area contributed by atoms with E-state index >= 15 is 0 Å². The molecule has 8 heteroatoms. The van der Waals surface area contributed by atoms with Crippen molar-refractivity contribution in [1.29, 1.82) is 0 Å². The molecule has 0 fully saturated rings. The van der Waals surface area contributed by atoms with E-state index in [1.54, 1.807) is 11.2 Å². The molecule has 0 bridgehead atoms. The molecule has 0 unspecified atom stereocenters. The molecular formula is C20H28N6O2. The third-order valence-corrected chi connectivity index (χ3v) is 4.57. The van der Waals surface area contributed by atoms with Gasteiger partial charge in [-0.1, -0.05) is 29.8 Å². The van der Waals surface area contributed by atoms with E-state index in [-0.39, 0.29) is 19.3 Å². The summed E-state index contributed by atoms with van der Waals surface area (Å²) in [6.07, 6.45) is 1.77. The molecule has 28 heavy (non-hydrogen) atoms. The zero-order chi connectivity index (χ0) is 20.1. The van der Waals surface area contributed by atoms with Crippen LogP contribution >= 0.6 is 0 Å². The SMILES string of the molecule is Cc1ccc(CNc2nc(N(CCO)CCO)nc3c2ncn3C(C)C)cc1. The zero-order valence-corrected chi connectivity index (χ0v) is 16.6. The highest BCUT2D eigenvalue weighted by molar-refractivity contribution is 5.84. The van der Waals surface area contributed by atoms with Gasteiger partial charge in [-0.15, -0.1) is 0 Å². The summed E-state index contributed by atoms with van der Waals surface area (Å²) in [5.74, 6) is 1.10. The first-order valence-corrected chi connectivity index (χ1v) is 9.54. The quantitative estimate of drug-likeness (QED) is 0.520. The van der Waals surface area contributed by atoms with E-state index in [1.807, 2.05) is 4.57 Å². The summed E-state index contributed by atoms with van der Waals surface area (Å²) in [7, 11) is 0. The van der Waals surface area contributed by atoms with Crippen molar-refractivity contribution in [2.45, 2.75) is 33.4 Å². The van der Waals surface area contributed by atoms with E-state index in [2.05, 4.69) is 65.3 Å². The number of aryl methyl sites for hydroxylation is 1. The Balaban J connectivity index is 1.99. The molecule has 2 heterocycles. The number of aliphatic hydroxyl groups excluding tert-OH is 2. The highest BCUT2D eigenvalue weighted by Crippen LogP contribution is 2.25. The number of benzene rings is 1. The van der Waals surface area contributed by atoms with Crippen molar-refractivity contribution in [3.05, 3.63) is 41.7 Å². The van der Waals surface area contributed by atoms with Gasteiger partial charge in [0.15, 0.2) is 17.0 Å². The lowest BCUT2D eigenvalue weighted by atomic mass is 10.1. The summed E-state index contributed by atoms with van der Waals surface area (Å²) in [6, 6.07) is 8.52. The van der Waals surface area contributed by atoms with E-state index in [9.17, 15) is 10.2 Å². The van der Waals surface area contributed by atoms with E-state index in [4.69, 9.17) is 0 Å². The molecule has 3 aromatic rings. The lowest BCUT2D eigenvalue weighted by Crippen LogP contribution is -2.31. The Morgan fingerprint density at radius 3 is 2.36 bits per heavy atom. The number of anilines is 2. The third-order valence-electron chi connectivity index (χ3n) is 4.57. The maximum atomic E-state index is 9.37.